The summed E-state index contributed by atoms with van der Waals surface area (Å²) >= 11 is 4.84. The van der Waals surface area contributed by atoms with Crippen molar-refractivity contribution in [2.24, 2.45) is 0 Å². The number of para-hydroxylation sites is 1. The van der Waals surface area contributed by atoms with Gasteiger partial charge < -0.3 is 5.32 Å². The Bertz CT molecular complexity index is 1200. The molecule has 0 fully saturated rings. The normalized spacial score (nSPS) is 10.8. The van der Waals surface area contributed by atoms with Gasteiger partial charge in [-0.3, -0.25) is 9.36 Å². The number of hydrogen-bond acceptors (Lipinski definition) is 4. The number of hydrogen-bond donors (Lipinski definition) is 1. The van der Waals surface area contributed by atoms with Gasteiger partial charge in [0.25, 0.3) is 0 Å². The molecule has 0 saturated heterocycles. The number of amides is 1. The topological polar surface area (TPSA) is 59.8 Å². The molecule has 1 aromatic heterocycles. The second-order valence-electron chi connectivity index (χ2n) is 6.67. The number of nitrogens with zero attached hydrogens (tertiary/aromatic N) is 3. The summed E-state index contributed by atoms with van der Waals surface area (Å²) in [5.74, 6) is 0.00136. The van der Waals surface area contributed by atoms with Gasteiger partial charge in [0, 0.05) is 10.0 Å². The molecule has 1 N–H and O–H groups in total. The molecular formula is C23H18BrFN4OS. The summed E-state index contributed by atoms with van der Waals surface area (Å²) < 4.78 is 16.7. The predicted molar refractivity (Wildman–Crippen MR) is 124 cm³/mol. The van der Waals surface area contributed by atoms with E-state index >= 15 is 0 Å². The standard InChI is InChI=1S/C23H18BrFN4OS/c24-18-11-5-4-10-17(18)22-27-28-23(29(22)14-16-8-2-1-3-9-16)31-15-21(30)26-20-13-7-6-12-19(20)25/h1-13H,14-15H2,(H,26,30). The molecule has 0 atom stereocenters. The number of aromatic nitrogens is 3. The maximum Gasteiger partial charge on any atom is 0.234 e. The molecule has 8 heteroatoms. The van der Waals surface area contributed by atoms with Crippen LogP contribution in [0.3, 0.4) is 0 Å². The second-order valence-corrected chi connectivity index (χ2v) is 8.47. The molecule has 3 aromatic carbocycles. The molecular weight excluding hydrogens is 479 g/mol. The summed E-state index contributed by atoms with van der Waals surface area (Å²) in [5, 5.41) is 11.9. The van der Waals surface area contributed by atoms with Gasteiger partial charge >= 0.3 is 0 Å². The molecule has 0 unspecified atom stereocenters. The average Bonchev–Trinajstić information content (AvgIpc) is 3.17. The van der Waals surface area contributed by atoms with Crippen molar-refractivity contribution in [1.82, 2.24) is 14.8 Å². The van der Waals surface area contributed by atoms with Gasteiger partial charge in [-0.15, -0.1) is 10.2 Å². The SMILES string of the molecule is O=C(CSc1nnc(-c2ccccc2Br)n1Cc1ccccc1)Nc1ccccc1F. The number of carbonyl (C=O) groups excluding carboxylic acids is 1. The summed E-state index contributed by atoms with van der Waals surface area (Å²) in [6, 6.07) is 23.9. The first-order chi connectivity index (χ1) is 15.1. The highest BCUT2D eigenvalue weighted by Crippen LogP contribution is 2.30. The third-order valence-electron chi connectivity index (χ3n) is 4.50. The molecule has 0 aliphatic carbocycles. The van der Waals surface area contributed by atoms with Gasteiger partial charge in [0.2, 0.25) is 5.91 Å². The average molecular weight is 497 g/mol. The van der Waals surface area contributed by atoms with Crippen molar-refractivity contribution < 1.29 is 9.18 Å². The van der Waals surface area contributed by atoms with E-state index in [1.54, 1.807) is 12.1 Å². The molecule has 31 heavy (non-hydrogen) atoms. The van der Waals surface area contributed by atoms with E-state index in [9.17, 15) is 9.18 Å². The number of benzene rings is 3. The lowest BCUT2D eigenvalue weighted by Crippen LogP contribution is -2.15. The third kappa shape index (κ3) is 5.21. The van der Waals surface area contributed by atoms with Crippen molar-refractivity contribution in [3.8, 4) is 11.4 Å². The van der Waals surface area contributed by atoms with Crippen LogP contribution in [0.2, 0.25) is 0 Å². The van der Waals surface area contributed by atoms with E-state index in [-0.39, 0.29) is 17.3 Å². The Kier molecular flexibility index (Phi) is 6.79. The minimum atomic E-state index is -0.468. The van der Waals surface area contributed by atoms with Crippen molar-refractivity contribution in [2.45, 2.75) is 11.7 Å². The van der Waals surface area contributed by atoms with Gasteiger partial charge in [-0.05, 0) is 23.8 Å². The predicted octanol–water partition coefficient (Wildman–Crippen LogP) is 5.63. The van der Waals surface area contributed by atoms with Crippen LogP contribution in [0.5, 0.6) is 0 Å². The number of rotatable bonds is 7. The van der Waals surface area contributed by atoms with Crippen LogP contribution in [0.25, 0.3) is 11.4 Å². The lowest BCUT2D eigenvalue weighted by molar-refractivity contribution is -0.113. The van der Waals surface area contributed by atoms with Crippen LogP contribution in [-0.4, -0.2) is 26.4 Å². The van der Waals surface area contributed by atoms with Crippen LogP contribution >= 0.6 is 27.7 Å². The zero-order valence-corrected chi connectivity index (χ0v) is 18.7. The Labute approximate surface area is 191 Å². The number of halogens is 2. The number of thioether (sulfide) groups is 1. The van der Waals surface area contributed by atoms with Crippen molar-refractivity contribution in [1.29, 1.82) is 0 Å². The molecule has 0 aliphatic heterocycles. The summed E-state index contributed by atoms with van der Waals surface area (Å²) in [7, 11) is 0. The van der Waals surface area contributed by atoms with E-state index in [1.807, 2.05) is 59.2 Å². The highest BCUT2D eigenvalue weighted by atomic mass is 79.9. The lowest BCUT2D eigenvalue weighted by atomic mass is 10.2. The molecule has 0 radical (unpaired) electrons. The molecule has 4 rings (SSSR count). The lowest BCUT2D eigenvalue weighted by Gasteiger charge is -2.11. The fraction of sp³-hybridized carbons (Fsp3) is 0.0870. The molecule has 4 aromatic rings. The van der Waals surface area contributed by atoms with Crippen molar-refractivity contribution in [3.63, 3.8) is 0 Å². The minimum Gasteiger partial charge on any atom is -0.323 e. The third-order valence-corrected chi connectivity index (χ3v) is 6.15. The molecule has 5 nitrogen and oxygen atoms in total. The fourth-order valence-corrected chi connectivity index (χ4v) is 4.22. The van der Waals surface area contributed by atoms with E-state index in [2.05, 4.69) is 31.4 Å². The fourth-order valence-electron chi connectivity index (χ4n) is 3.02. The van der Waals surface area contributed by atoms with Gasteiger partial charge in [0.05, 0.1) is 18.0 Å². The quantitative estimate of drug-likeness (QED) is 0.337. The van der Waals surface area contributed by atoms with Gasteiger partial charge in [0.15, 0.2) is 11.0 Å². The molecule has 156 valence electrons. The Morgan fingerprint density at radius 1 is 0.968 bits per heavy atom. The minimum absolute atomic E-state index is 0.0806. The summed E-state index contributed by atoms with van der Waals surface area (Å²) in [6.07, 6.45) is 0. The Morgan fingerprint density at radius 3 is 2.45 bits per heavy atom. The zero-order valence-electron chi connectivity index (χ0n) is 16.3. The van der Waals surface area contributed by atoms with Crippen LogP contribution < -0.4 is 5.32 Å². The second kappa shape index (κ2) is 9.89. The van der Waals surface area contributed by atoms with Crippen LogP contribution in [-0.2, 0) is 11.3 Å². The number of nitrogens with one attached hydrogen (secondary N) is 1. The Hall–Kier alpha value is -2.97. The largest absolute Gasteiger partial charge is 0.323 e. The van der Waals surface area contributed by atoms with Gasteiger partial charge in [-0.1, -0.05) is 88.4 Å². The summed E-state index contributed by atoms with van der Waals surface area (Å²) in [4.78, 5) is 12.4. The molecule has 1 heterocycles. The highest BCUT2D eigenvalue weighted by Gasteiger charge is 2.18. The van der Waals surface area contributed by atoms with E-state index in [4.69, 9.17) is 0 Å². The van der Waals surface area contributed by atoms with Crippen molar-refractivity contribution >= 4 is 39.3 Å². The van der Waals surface area contributed by atoms with E-state index in [0.29, 0.717) is 17.5 Å². The molecule has 0 bridgehead atoms. The van der Waals surface area contributed by atoms with E-state index in [1.165, 1.54) is 23.9 Å². The Morgan fingerprint density at radius 2 is 1.68 bits per heavy atom. The maximum atomic E-state index is 13.8. The first-order valence-corrected chi connectivity index (χ1v) is 11.3. The van der Waals surface area contributed by atoms with E-state index in [0.717, 1.165) is 15.6 Å². The number of carbonyl (C=O) groups is 1. The van der Waals surface area contributed by atoms with Crippen molar-refractivity contribution in [3.05, 3.63) is 94.7 Å². The molecule has 0 spiro atoms. The first-order valence-electron chi connectivity index (χ1n) is 9.51. The van der Waals surface area contributed by atoms with Gasteiger partial charge in [0.1, 0.15) is 5.82 Å². The Balaban J connectivity index is 1.57. The highest BCUT2D eigenvalue weighted by molar-refractivity contribution is 9.10. The monoisotopic (exact) mass is 496 g/mol. The maximum absolute atomic E-state index is 13.8. The molecule has 0 saturated carbocycles. The van der Waals surface area contributed by atoms with E-state index < -0.39 is 5.82 Å². The van der Waals surface area contributed by atoms with Crippen molar-refractivity contribution in [2.75, 3.05) is 11.1 Å². The van der Waals surface area contributed by atoms with Gasteiger partial charge in [-0.2, -0.15) is 0 Å². The first kappa shape index (κ1) is 21.3. The van der Waals surface area contributed by atoms with Crippen LogP contribution in [0, 0.1) is 5.82 Å². The number of anilines is 1. The smallest absolute Gasteiger partial charge is 0.234 e. The van der Waals surface area contributed by atoms with Crippen LogP contribution in [0.1, 0.15) is 5.56 Å². The molecule has 1 amide bonds. The van der Waals surface area contributed by atoms with Crippen LogP contribution in [0.15, 0.2) is 88.5 Å². The summed E-state index contributed by atoms with van der Waals surface area (Å²) in [6.45, 7) is 0.557. The van der Waals surface area contributed by atoms with Gasteiger partial charge in [-0.25, -0.2) is 4.39 Å². The zero-order chi connectivity index (χ0) is 21.6. The summed E-state index contributed by atoms with van der Waals surface area (Å²) in [5.41, 5.74) is 2.16. The van der Waals surface area contributed by atoms with Crippen LogP contribution in [0.4, 0.5) is 10.1 Å². The molecule has 0 aliphatic rings.